The molecule has 1 N–H and O–H groups in total. The Morgan fingerprint density at radius 3 is 2.81 bits per heavy atom. The fraction of sp³-hybridized carbons (Fsp3) is 0.133. The highest BCUT2D eigenvalue weighted by Crippen LogP contribution is 2.14. The molecule has 0 spiro atoms. The number of anilines is 1. The summed E-state index contributed by atoms with van der Waals surface area (Å²) in [5, 5.41) is 3.08. The summed E-state index contributed by atoms with van der Waals surface area (Å²) in [4.78, 5) is 27.6. The van der Waals surface area contributed by atoms with Gasteiger partial charge in [-0.1, -0.05) is 17.7 Å². The molecular formula is C15H13ClN2O3. The van der Waals surface area contributed by atoms with Gasteiger partial charge in [-0.05, 0) is 37.3 Å². The first-order chi connectivity index (χ1) is 10.1. The first kappa shape index (κ1) is 15.0. The Labute approximate surface area is 126 Å². The van der Waals surface area contributed by atoms with E-state index in [-0.39, 0.29) is 5.69 Å². The zero-order chi connectivity index (χ0) is 15.2. The van der Waals surface area contributed by atoms with E-state index >= 15 is 0 Å². The van der Waals surface area contributed by atoms with E-state index in [4.69, 9.17) is 16.3 Å². The summed E-state index contributed by atoms with van der Waals surface area (Å²) in [5.74, 6) is -0.840. The predicted octanol–water partition coefficient (Wildman–Crippen LogP) is 3.16. The fourth-order valence-electron chi connectivity index (χ4n) is 1.66. The highest BCUT2D eigenvalue weighted by Gasteiger charge is 2.11. The van der Waals surface area contributed by atoms with E-state index in [1.54, 1.807) is 37.3 Å². The minimum atomic E-state index is -0.436. The number of ether oxygens (including phenoxy) is 1. The Bertz CT molecular complexity index is 673. The molecule has 1 aromatic heterocycles. The number of carbonyl (C=O) groups excluding carboxylic acids is 2. The number of aromatic nitrogens is 1. The number of carbonyl (C=O) groups is 2. The normalized spacial score (nSPS) is 10.0. The second-order valence-electron chi connectivity index (χ2n) is 4.11. The van der Waals surface area contributed by atoms with Gasteiger partial charge in [0.25, 0.3) is 5.91 Å². The fourth-order valence-corrected chi connectivity index (χ4v) is 1.82. The zero-order valence-corrected chi connectivity index (χ0v) is 12.1. The van der Waals surface area contributed by atoms with Crippen LogP contribution in [0.4, 0.5) is 5.69 Å². The summed E-state index contributed by atoms with van der Waals surface area (Å²) in [5.41, 5.74) is 1.05. The maximum absolute atomic E-state index is 12.0. The van der Waals surface area contributed by atoms with Gasteiger partial charge < -0.3 is 10.1 Å². The summed E-state index contributed by atoms with van der Waals surface area (Å²) >= 11 is 5.81. The number of nitrogens with zero attached hydrogens (tertiary/aromatic N) is 1. The molecule has 2 rings (SSSR count). The van der Waals surface area contributed by atoms with Crippen LogP contribution in [0.25, 0.3) is 0 Å². The van der Waals surface area contributed by atoms with Crippen molar-refractivity contribution in [3.8, 4) is 0 Å². The number of rotatable bonds is 4. The van der Waals surface area contributed by atoms with Gasteiger partial charge in [-0.25, -0.2) is 4.79 Å². The predicted molar refractivity (Wildman–Crippen MR) is 79.6 cm³/mol. The summed E-state index contributed by atoms with van der Waals surface area (Å²) < 4.78 is 4.91. The van der Waals surface area contributed by atoms with E-state index in [9.17, 15) is 9.59 Å². The minimum absolute atomic E-state index is 0.198. The monoisotopic (exact) mass is 304 g/mol. The molecule has 5 nitrogen and oxygen atoms in total. The van der Waals surface area contributed by atoms with Gasteiger partial charge in [-0.3, -0.25) is 9.78 Å². The lowest BCUT2D eigenvalue weighted by Crippen LogP contribution is -2.14. The van der Waals surface area contributed by atoms with E-state index in [1.807, 2.05) is 0 Å². The van der Waals surface area contributed by atoms with Crippen molar-refractivity contribution in [2.45, 2.75) is 6.92 Å². The molecule has 0 saturated heterocycles. The van der Waals surface area contributed by atoms with Crippen molar-refractivity contribution >= 4 is 29.2 Å². The van der Waals surface area contributed by atoms with Crippen LogP contribution in [0, 0.1) is 0 Å². The highest BCUT2D eigenvalue weighted by atomic mass is 35.5. The van der Waals surface area contributed by atoms with Crippen molar-refractivity contribution in [1.82, 2.24) is 4.98 Å². The SMILES string of the molecule is CCOC(=O)c1cccc(NC(=O)c2cc(Cl)ccn2)c1. The van der Waals surface area contributed by atoms with Crippen LogP contribution < -0.4 is 5.32 Å². The third-order valence-electron chi connectivity index (χ3n) is 2.59. The second kappa shape index (κ2) is 6.85. The topological polar surface area (TPSA) is 68.3 Å². The summed E-state index contributed by atoms with van der Waals surface area (Å²) in [6, 6.07) is 9.54. The van der Waals surface area contributed by atoms with Gasteiger partial charge in [-0.15, -0.1) is 0 Å². The maximum atomic E-state index is 12.0. The summed E-state index contributed by atoms with van der Waals surface area (Å²) in [6.07, 6.45) is 1.45. The lowest BCUT2D eigenvalue weighted by atomic mass is 10.2. The van der Waals surface area contributed by atoms with E-state index in [0.29, 0.717) is 22.9 Å². The van der Waals surface area contributed by atoms with Gasteiger partial charge in [0, 0.05) is 16.9 Å². The Hall–Kier alpha value is -2.40. The van der Waals surface area contributed by atoms with Gasteiger partial charge in [-0.2, -0.15) is 0 Å². The van der Waals surface area contributed by atoms with Crippen molar-refractivity contribution in [1.29, 1.82) is 0 Å². The smallest absolute Gasteiger partial charge is 0.338 e. The van der Waals surface area contributed by atoms with Crippen LogP contribution >= 0.6 is 11.6 Å². The van der Waals surface area contributed by atoms with Crippen LogP contribution in [-0.4, -0.2) is 23.5 Å². The molecular weight excluding hydrogens is 292 g/mol. The molecule has 2 aromatic rings. The average Bonchev–Trinajstić information content (AvgIpc) is 2.48. The van der Waals surface area contributed by atoms with Crippen LogP contribution in [0.5, 0.6) is 0 Å². The number of pyridine rings is 1. The molecule has 1 aromatic carbocycles. The molecule has 0 radical (unpaired) electrons. The Balaban J connectivity index is 2.14. The van der Waals surface area contributed by atoms with Crippen LogP contribution in [0.1, 0.15) is 27.8 Å². The summed E-state index contributed by atoms with van der Waals surface area (Å²) in [7, 11) is 0. The third kappa shape index (κ3) is 4.03. The number of nitrogens with one attached hydrogen (secondary N) is 1. The Morgan fingerprint density at radius 1 is 1.29 bits per heavy atom. The van der Waals surface area contributed by atoms with E-state index in [0.717, 1.165) is 0 Å². The first-order valence-corrected chi connectivity index (χ1v) is 6.68. The number of halogens is 1. The van der Waals surface area contributed by atoms with E-state index < -0.39 is 11.9 Å². The lowest BCUT2D eigenvalue weighted by molar-refractivity contribution is 0.0526. The van der Waals surface area contributed by atoms with Crippen molar-refractivity contribution in [2.75, 3.05) is 11.9 Å². The number of benzene rings is 1. The molecule has 0 atom stereocenters. The van der Waals surface area contributed by atoms with Crippen LogP contribution in [-0.2, 0) is 4.74 Å². The molecule has 0 aliphatic heterocycles. The molecule has 6 heteroatoms. The molecule has 1 amide bonds. The number of hydrogen-bond acceptors (Lipinski definition) is 4. The zero-order valence-electron chi connectivity index (χ0n) is 11.3. The number of amides is 1. The van der Waals surface area contributed by atoms with E-state index in [2.05, 4.69) is 10.3 Å². The van der Waals surface area contributed by atoms with Crippen LogP contribution in [0.3, 0.4) is 0 Å². The van der Waals surface area contributed by atoms with Gasteiger partial charge in [0.2, 0.25) is 0 Å². The molecule has 0 aliphatic rings. The van der Waals surface area contributed by atoms with Crippen molar-refractivity contribution in [2.24, 2.45) is 0 Å². The van der Waals surface area contributed by atoms with E-state index in [1.165, 1.54) is 12.3 Å². The summed E-state index contributed by atoms with van der Waals surface area (Å²) in [6.45, 7) is 2.02. The van der Waals surface area contributed by atoms with Gasteiger partial charge in [0.15, 0.2) is 0 Å². The van der Waals surface area contributed by atoms with Gasteiger partial charge in [0.1, 0.15) is 5.69 Å². The average molecular weight is 305 g/mol. The Morgan fingerprint density at radius 2 is 2.10 bits per heavy atom. The van der Waals surface area contributed by atoms with Crippen LogP contribution in [0.2, 0.25) is 5.02 Å². The van der Waals surface area contributed by atoms with Gasteiger partial charge >= 0.3 is 5.97 Å². The van der Waals surface area contributed by atoms with Gasteiger partial charge in [0.05, 0.1) is 12.2 Å². The Kier molecular flexibility index (Phi) is 4.90. The molecule has 0 saturated carbocycles. The highest BCUT2D eigenvalue weighted by molar-refractivity contribution is 6.30. The van der Waals surface area contributed by atoms with Crippen molar-refractivity contribution in [3.05, 3.63) is 58.9 Å². The number of esters is 1. The molecule has 1 heterocycles. The second-order valence-corrected chi connectivity index (χ2v) is 4.55. The number of hydrogen-bond donors (Lipinski definition) is 1. The first-order valence-electron chi connectivity index (χ1n) is 6.30. The maximum Gasteiger partial charge on any atom is 0.338 e. The molecule has 0 unspecified atom stereocenters. The molecule has 0 aliphatic carbocycles. The molecule has 0 fully saturated rings. The van der Waals surface area contributed by atoms with Crippen molar-refractivity contribution < 1.29 is 14.3 Å². The minimum Gasteiger partial charge on any atom is -0.462 e. The molecule has 108 valence electrons. The largest absolute Gasteiger partial charge is 0.462 e. The third-order valence-corrected chi connectivity index (χ3v) is 2.82. The quantitative estimate of drug-likeness (QED) is 0.881. The van der Waals surface area contributed by atoms with Crippen LogP contribution in [0.15, 0.2) is 42.6 Å². The standard InChI is InChI=1S/C15H13ClN2O3/c1-2-21-15(20)10-4-3-5-12(8-10)18-14(19)13-9-11(16)6-7-17-13/h3-9H,2H2,1H3,(H,18,19). The lowest BCUT2D eigenvalue weighted by Gasteiger charge is -2.07. The molecule has 21 heavy (non-hydrogen) atoms. The molecule has 0 bridgehead atoms. The van der Waals surface area contributed by atoms with Crippen molar-refractivity contribution in [3.63, 3.8) is 0 Å².